The molecule has 0 saturated carbocycles. The van der Waals surface area contributed by atoms with Crippen LogP contribution in [0.4, 0.5) is 4.39 Å². The van der Waals surface area contributed by atoms with Crippen LogP contribution in [0.2, 0.25) is 0 Å². The predicted octanol–water partition coefficient (Wildman–Crippen LogP) is 4.48. The summed E-state index contributed by atoms with van der Waals surface area (Å²) in [5, 5.41) is 0. The van der Waals surface area contributed by atoms with E-state index in [0.717, 1.165) is 19.6 Å². The van der Waals surface area contributed by atoms with Gasteiger partial charge in [-0.3, -0.25) is 4.79 Å². The van der Waals surface area contributed by atoms with Crippen molar-refractivity contribution in [2.75, 3.05) is 32.7 Å². The van der Waals surface area contributed by atoms with Gasteiger partial charge >= 0.3 is 0 Å². The lowest BCUT2D eigenvalue weighted by atomic mass is 9.88. The number of rotatable bonds is 4. The van der Waals surface area contributed by atoms with E-state index in [1.165, 1.54) is 55.6 Å². The molecule has 0 bridgehead atoms. The molecule has 4 heteroatoms. The summed E-state index contributed by atoms with van der Waals surface area (Å²) >= 11 is 0. The highest BCUT2D eigenvalue weighted by Gasteiger charge is 2.37. The molecule has 2 aliphatic rings. The van der Waals surface area contributed by atoms with Crippen molar-refractivity contribution >= 4 is 5.91 Å². The lowest BCUT2D eigenvalue weighted by Crippen LogP contribution is -2.36. The second-order valence-electron chi connectivity index (χ2n) is 8.36. The first-order valence-electron chi connectivity index (χ1n) is 10.4. The molecule has 2 unspecified atom stereocenters. The van der Waals surface area contributed by atoms with Crippen molar-refractivity contribution < 1.29 is 9.18 Å². The van der Waals surface area contributed by atoms with Crippen LogP contribution in [-0.2, 0) is 0 Å². The second kappa shape index (κ2) is 8.44. The molecule has 2 atom stereocenters. The molecule has 2 aromatic rings. The molecule has 2 aliphatic heterocycles. The predicted molar refractivity (Wildman–Crippen MR) is 110 cm³/mol. The topological polar surface area (TPSA) is 23.6 Å². The molecule has 0 spiro atoms. The smallest absolute Gasteiger partial charge is 0.253 e. The van der Waals surface area contributed by atoms with E-state index in [0.29, 0.717) is 17.4 Å². The Hall–Kier alpha value is -2.20. The number of piperidine rings is 1. The maximum Gasteiger partial charge on any atom is 0.253 e. The summed E-state index contributed by atoms with van der Waals surface area (Å²) in [7, 11) is 0. The number of hydrogen-bond donors (Lipinski definition) is 0. The first-order chi connectivity index (χ1) is 13.6. The summed E-state index contributed by atoms with van der Waals surface area (Å²) < 4.78 is 13.2. The Morgan fingerprint density at radius 2 is 1.64 bits per heavy atom. The van der Waals surface area contributed by atoms with Gasteiger partial charge in [0.2, 0.25) is 0 Å². The highest BCUT2D eigenvalue weighted by Crippen LogP contribution is 2.34. The van der Waals surface area contributed by atoms with Gasteiger partial charge in [-0.2, -0.15) is 0 Å². The Balaban J connectivity index is 1.54. The Bertz CT molecular complexity index is 796. The van der Waals surface area contributed by atoms with Crippen LogP contribution in [-0.4, -0.2) is 48.4 Å². The molecule has 2 fully saturated rings. The minimum atomic E-state index is -0.307. The Kier molecular flexibility index (Phi) is 5.77. The van der Waals surface area contributed by atoms with Crippen LogP contribution < -0.4 is 0 Å². The molecule has 0 aliphatic carbocycles. The van der Waals surface area contributed by atoms with Crippen LogP contribution in [0.3, 0.4) is 0 Å². The molecule has 2 saturated heterocycles. The molecule has 3 nitrogen and oxygen atoms in total. The van der Waals surface area contributed by atoms with Crippen LogP contribution in [0.5, 0.6) is 0 Å². The number of halogens is 1. The van der Waals surface area contributed by atoms with Crippen molar-refractivity contribution in [3.8, 4) is 0 Å². The van der Waals surface area contributed by atoms with Crippen molar-refractivity contribution in [1.82, 2.24) is 9.80 Å². The zero-order chi connectivity index (χ0) is 19.5. The van der Waals surface area contributed by atoms with Gasteiger partial charge < -0.3 is 9.80 Å². The largest absolute Gasteiger partial charge is 0.338 e. The molecular weight excluding hydrogens is 351 g/mol. The minimum Gasteiger partial charge on any atom is -0.338 e. The Morgan fingerprint density at radius 1 is 0.964 bits per heavy atom. The fourth-order valence-corrected chi connectivity index (χ4v) is 4.66. The third-order valence-corrected chi connectivity index (χ3v) is 6.27. The zero-order valence-electron chi connectivity index (χ0n) is 16.6. The van der Waals surface area contributed by atoms with Crippen molar-refractivity contribution in [2.24, 2.45) is 5.92 Å². The molecule has 2 heterocycles. The third-order valence-electron chi connectivity index (χ3n) is 6.27. The maximum atomic E-state index is 13.2. The Labute approximate surface area is 167 Å². The number of aryl methyl sites for hydroxylation is 1. The molecule has 148 valence electrons. The van der Waals surface area contributed by atoms with Gasteiger partial charge in [-0.15, -0.1) is 0 Å². The van der Waals surface area contributed by atoms with Crippen molar-refractivity contribution in [1.29, 1.82) is 0 Å². The quantitative estimate of drug-likeness (QED) is 0.781. The average Bonchev–Trinajstić information content (AvgIpc) is 3.13. The molecule has 0 aromatic heterocycles. The van der Waals surface area contributed by atoms with Crippen molar-refractivity contribution in [3.63, 3.8) is 0 Å². The lowest BCUT2D eigenvalue weighted by molar-refractivity contribution is 0.0781. The number of benzene rings is 2. The van der Waals surface area contributed by atoms with Gasteiger partial charge in [0.05, 0.1) is 0 Å². The Morgan fingerprint density at radius 3 is 2.32 bits per heavy atom. The number of likely N-dealkylation sites (tertiary alicyclic amines) is 2. The SMILES string of the molecule is Cc1ccc(C2CN(C(=O)c3ccc(F)cc3)CC2CN2CCCCC2)cc1. The first-order valence-corrected chi connectivity index (χ1v) is 10.4. The molecule has 0 N–H and O–H groups in total. The van der Waals surface area contributed by atoms with E-state index in [9.17, 15) is 9.18 Å². The van der Waals surface area contributed by atoms with Gasteiger partial charge in [-0.05, 0) is 68.6 Å². The summed E-state index contributed by atoms with van der Waals surface area (Å²) in [5.41, 5.74) is 3.15. The number of carbonyl (C=O) groups excluding carboxylic acids is 1. The van der Waals surface area contributed by atoms with Gasteiger partial charge in [-0.1, -0.05) is 36.2 Å². The lowest BCUT2D eigenvalue weighted by Gasteiger charge is -2.31. The number of nitrogens with zero attached hydrogens (tertiary/aromatic N) is 2. The first kappa shape index (κ1) is 19.1. The molecule has 1 amide bonds. The summed E-state index contributed by atoms with van der Waals surface area (Å²) in [6, 6.07) is 14.7. The van der Waals surface area contributed by atoms with Crippen LogP contribution in [0.1, 0.15) is 46.7 Å². The van der Waals surface area contributed by atoms with E-state index < -0.39 is 0 Å². The minimum absolute atomic E-state index is 0.0123. The van der Waals surface area contributed by atoms with Crippen LogP contribution in [0.15, 0.2) is 48.5 Å². The number of amides is 1. The summed E-state index contributed by atoms with van der Waals surface area (Å²) in [5.74, 6) is 0.494. The fourth-order valence-electron chi connectivity index (χ4n) is 4.66. The molecule has 4 rings (SSSR count). The van der Waals surface area contributed by atoms with Crippen LogP contribution in [0, 0.1) is 18.7 Å². The third kappa shape index (κ3) is 4.27. The van der Waals surface area contributed by atoms with Crippen LogP contribution >= 0.6 is 0 Å². The standard InChI is InChI=1S/C24H29FN2O/c1-18-5-7-19(8-6-18)23-17-27(24(28)20-9-11-22(25)12-10-20)16-21(23)15-26-13-3-2-4-14-26/h5-12,21,23H,2-4,13-17H2,1H3. The second-order valence-corrected chi connectivity index (χ2v) is 8.36. The average molecular weight is 381 g/mol. The maximum absolute atomic E-state index is 13.2. The summed E-state index contributed by atoms with van der Waals surface area (Å²) in [4.78, 5) is 17.6. The van der Waals surface area contributed by atoms with Gasteiger partial charge in [0.15, 0.2) is 0 Å². The number of hydrogen-bond acceptors (Lipinski definition) is 2. The van der Waals surface area contributed by atoms with Gasteiger partial charge in [0, 0.05) is 31.1 Å². The van der Waals surface area contributed by atoms with Gasteiger partial charge in [0.1, 0.15) is 5.82 Å². The monoisotopic (exact) mass is 380 g/mol. The zero-order valence-corrected chi connectivity index (χ0v) is 16.6. The van der Waals surface area contributed by atoms with E-state index in [4.69, 9.17) is 0 Å². The van der Waals surface area contributed by atoms with Gasteiger partial charge in [0.25, 0.3) is 5.91 Å². The van der Waals surface area contributed by atoms with Crippen molar-refractivity contribution in [2.45, 2.75) is 32.1 Å². The summed E-state index contributed by atoms with van der Waals surface area (Å²) in [6.07, 6.45) is 3.89. The summed E-state index contributed by atoms with van der Waals surface area (Å²) in [6.45, 7) is 6.99. The van der Waals surface area contributed by atoms with E-state index >= 15 is 0 Å². The highest BCUT2D eigenvalue weighted by molar-refractivity contribution is 5.94. The highest BCUT2D eigenvalue weighted by atomic mass is 19.1. The normalized spacial score (nSPS) is 23.1. The number of carbonyl (C=O) groups is 1. The van der Waals surface area contributed by atoms with Gasteiger partial charge in [-0.25, -0.2) is 4.39 Å². The van der Waals surface area contributed by atoms with E-state index in [1.54, 1.807) is 12.1 Å². The molecular formula is C24H29FN2O. The van der Waals surface area contributed by atoms with E-state index in [2.05, 4.69) is 36.1 Å². The molecule has 0 radical (unpaired) electrons. The molecule has 28 heavy (non-hydrogen) atoms. The van der Waals surface area contributed by atoms with E-state index in [1.807, 2.05) is 4.90 Å². The molecule has 2 aromatic carbocycles. The van der Waals surface area contributed by atoms with Crippen molar-refractivity contribution in [3.05, 3.63) is 71.0 Å². The van der Waals surface area contributed by atoms with E-state index in [-0.39, 0.29) is 11.7 Å². The van der Waals surface area contributed by atoms with Crippen LogP contribution in [0.25, 0.3) is 0 Å². The fraction of sp³-hybridized carbons (Fsp3) is 0.458.